The Hall–Kier alpha value is -1.64. The summed E-state index contributed by atoms with van der Waals surface area (Å²) < 4.78 is 0. The number of halogens is 2. The zero-order chi connectivity index (χ0) is 13.2. The molecule has 0 spiro atoms. The average Bonchev–Trinajstić information content (AvgIpc) is 3.07. The van der Waals surface area contributed by atoms with E-state index in [4.69, 9.17) is 23.2 Å². The minimum Gasteiger partial charge on any atom is -0.364 e. The maximum absolute atomic E-state index is 6.35. The maximum Gasteiger partial charge on any atom is 0.0670 e. The molecule has 0 radical (unpaired) electrons. The summed E-state index contributed by atoms with van der Waals surface area (Å²) in [6.07, 6.45) is 3.80. The van der Waals surface area contributed by atoms with Gasteiger partial charge in [0.15, 0.2) is 0 Å². The molecule has 2 heterocycles. The third-order valence-electron chi connectivity index (χ3n) is 3.15. The molecule has 0 saturated heterocycles. The lowest BCUT2D eigenvalue weighted by Crippen LogP contribution is -2.05. The van der Waals surface area contributed by atoms with Gasteiger partial charge in [0.05, 0.1) is 5.92 Å². The number of nitrogens with one attached hydrogen (secondary N) is 2. The van der Waals surface area contributed by atoms with Gasteiger partial charge in [0.2, 0.25) is 0 Å². The van der Waals surface area contributed by atoms with Gasteiger partial charge in [0.25, 0.3) is 0 Å². The molecule has 0 unspecified atom stereocenters. The molecule has 0 aliphatic heterocycles. The second kappa shape index (κ2) is 5.16. The number of H-pyrrole nitrogens is 2. The SMILES string of the molecule is Clc1cccc(Cl)c1C(c1ccc[nH]1)c1ccc[nH]1. The highest BCUT2D eigenvalue weighted by atomic mass is 35.5. The van der Waals surface area contributed by atoms with Crippen molar-refractivity contribution < 1.29 is 0 Å². The van der Waals surface area contributed by atoms with E-state index in [1.165, 1.54) is 0 Å². The first-order chi connectivity index (χ1) is 9.27. The van der Waals surface area contributed by atoms with Crippen molar-refractivity contribution in [3.8, 4) is 0 Å². The first kappa shape index (κ1) is 12.4. The third-order valence-corrected chi connectivity index (χ3v) is 3.81. The van der Waals surface area contributed by atoms with Gasteiger partial charge in [-0.15, -0.1) is 0 Å². The Balaban J connectivity index is 2.21. The molecule has 3 aromatic rings. The second-order valence-electron chi connectivity index (χ2n) is 4.32. The Morgan fingerprint density at radius 2 is 1.26 bits per heavy atom. The quantitative estimate of drug-likeness (QED) is 0.692. The van der Waals surface area contributed by atoms with Crippen LogP contribution in [-0.2, 0) is 0 Å². The smallest absolute Gasteiger partial charge is 0.0670 e. The molecule has 19 heavy (non-hydrogen) atoms. The number of aromatic nitrogens is 2. The molecule has 2 nitrogen and oxygen atoms in total. The van der Waals surface area contributed by atoms with Gasteiger partial charge in [-0.1, -0.05) is 29.3 Å². The molecule has 0 aliphatic rings. The van der Waals surface area contributed by atoms with E-state index in [9.17, 15) is 0 Å². The van der Waals surface area contributed by atoms with Crippen LogP contribution in [0.15, 0.2) is 54.9 Å². The molecule has 0 atom stereocenters. The van der Waals surface area contributed by atoms with Crippen molar-refractivity contribution in [1.29, 1.82) is 0 Å². The Morgan fingerprint density at radius 1 is 0.737 bits per heavy atom. The van der Waals surface area contributed by atoms with Crippen LogP contribution in [0, 0.1) is 0 Å². The van der Waals surface area contributed by atoms with Crippen LogP contribution in [0.25, 0.3) is 0 Å². The van der Waals surface area contributed by atoms with Gasteiger partial charge in [0, 0.05) is 39.4 Å². The van der Waals surface area contributed by atoms with E-state index in [0.717, 1.165) is 17.0 Å². The summed E-state index contributed by atoms with van der Waals surface area (Å²) >= 11 is 12.7. The number of aromatic amines is 2. The molecule has 1 aromatic carbocycles. The normalized spacial score (nSPS) is 11.1. The summed E-state index contributed by atoms with van der Waals surface area (Å²) in [5, 5.41) is 1.34. The predicted molar refractivity (Wildman–Crippen MR) is 79.0 cm³/mol. The fourth-order valence-corrected chi connectivity index (χ4v) is 2.93. The lowest BCUT2D eigenvalue weighted by atomic mass is 9.92. The van der Waals surface area contributed by atoms with Crippen LogP contribution in [0.4, 0.5) is 0 Å². The average molecular weight is 291 g/mol. The van der Waals surface area contributed by atoms with Crippen LogP contribution in [0.1, 0.15) is 22.9 Å². The van der Waals surface area contributed by atoms with Crippen molar-refractivity contribution in [2.45, 2.75) is 5.92 Å². The van der Waals surface area contributed by atoms with Crippen LogP contribution in [0.5, 0.6) is 0 Å². The highest BCUT2D eigenvalue weighted by molar-refractivity contribution is 6.36. The number of hydrogen-bond donors (Lipinski definition) is 2. The number of benzene rings is 1. The fourth-order valence-electron chi connectivity index (χ4n) is 2.31. The Labute approximate surface area is 121 Å². The Bertz CT molecular complexity index is 603. The molecule has 0 aliphatic carbocycles. The highest BCUT2D eigenvalue weighted by Gasteiger charge is 2.23. The van der Waals surface area contributed by atoms with Crippen molar-refractivity contribution in [3.05, 3.63) is 81.9 Å². The molecule has 2 N–H and O–H groups in total. The van der Waals surface area contributed by atoms with Crippen LogP contribution in [0.2, 0.25) is 10.0 Å². The summed E-state index contributed by atoms with van der Waals surface area (Å²) in [6, 6.07) is 13.6. The van der Waals surface area contributed by atoms with E-state index in [2.05, 4.69) is 9.97 Å². The van der Waals surface area contributed by atoms with Crippen LogP contribution in [0.3, 0.4) is 0 Å². The zero-order valence-corrected chi connectivity index (χ0v) is 11.5. The molecule has 0 amide bonds. The van der Waals surface area contributed by atoms with Crippen molar-refractivity contribution in [2.75, 3.05) is 0 Å². The van der Waals surface area contributed by atoms with Crippen molar-refractivity contribution in [1.82, 2.24) is 9.97 Å². The van der Waals surface area contributed by atoms with E-state index in [-0.39, 0.29) is 5.92 Å². The standard InChI is InChI=1S/C15H12Cl2N2/c16-10-4-1-5-11(17)14(10)15(12-6-2-8-18-12)13-7-3-9-19-13/h1-9,15,18-19H. The van der Waals surface area contributed by atoms with Gasteiger partial charge in [0.1, 0.15) is 0 Å². The number of hydrogen-bond acceptors (Lipinski definition) is 0. The minimum atomic E-state index is -0.0220. The topological polar surface area (TPSA) is 31.6 Å². The van der Waals surface area contributed by atoms with E-state index >= 15 is 0 Å². The van der Waals surface area contributed by atoms with Gasteiger partial charge < -0.3 is 9.97 Å². The fraction of sp³-hybridized carbons (Fsp3) is 0.0667. The molecular formula is C15H12Cl2N2. The summed E-state index contributed by atoms with van der Waals surface area (Å²) in [6.45, 7) is 0. The van der Waals surface area contributed by atoms with Crippen LogP contribution < -0.4 is 0 Å². The first-order valence-corrected chi connectivity index (χ1v) is 6.73. The predicted octanol–water partition coefficient (Wildman–Crippen LogP) is 4.83. The molecule has 96 valence electrons. The van der Waals surface area contributed by atoms with E-state index in [0.29, 0.717) is 10.0 Å². The lowest BCUT2D eigenvalue weighted by molar-refractivity contribution is 0.898. The zero-order valence-electron chi connectivity index (χ0n) is 10.0. The lowest BCUT2D eigenvalue weighted by Gasteiger charge is -2.18. The molecule has 0 bridgehead atoms. The largest absolute Gasteiger partial charge is 0.364 e. The Kier molecular flexibility index (Phi) is 3.36. The van der Waals surface area contributed by atoms with Gasteiger partial charge >= 0.3 is 0 Å². The highest BCUT2D eigenvalue weighted by Crippen LogP contribution is 2.38. The molecular weight excluding hydrogens is 279 g/mol. The first-order valence-electron chi connectivity index (χ1n) is 5.98. The summed E-state index contributed by atoms with van der Waals surface area (Å²) in [5.74, 6) is -0.0220. The van der Waals surface area contributed by atoms with E-state index < -0.39 is 0 Å². The van der Waals surface area contributed by atoms with Crippen LogP contribution in [-0.4, -0.2) is 9.97 Å². The monoisotopic (exact) mass is 290 g/mol. The molecule has 0 saturated carbocycles. The van der Waals surface area contributed by atoms with E-state index in [1.807, 2.05) is 54.9 Å². The minimum absolute atomic E-state index is 0.0220. The van der Waals surface area contributed by atoms with Crippen molar-refractivity contribution in [3.63, 3.8) is 0 Å². The number of rotatable bonds is 3. The molecule has 0 fully saturated rings. The van der Waals surface area contributed by atoms with Crippen molar-refractivity contribution in [2.24, 2.45) is 0 Å². The van der Waals surface area contributed by atoms with Crippen molar-refractivity contribution >= 4 is 23.2 Å². The molecule has 3 rings (SSSR count). The van der Waals surface area contributed by atoms with Crippen LogP contribution >= 0.6 is 23.2 Å². The third kappa shape index (κ3) is 2.29. The van der Waals surface area contributed by atoms with Gasteiger partial charge in [-0.25, -0.2) is 0 Å². The van der Waals surface area contributed by atoms with Gasteiger partial charge in [-0.2, -0.15) is 0 Å². The maximum atomic E-state index is 6.35. The summed E-state index contributed by atoms with van der Waals surface area (Å²) in [5.41, 5.74) is 3.02. The summed E-state index contributed by atoms with van der Waals surface area (Å²) in [4.78, 5) is 6.48. The van der Waals surface area contributed by atoms with E-state index in [1.54, 1.807) is 0 Å². The Morgan fingerprint density at radius 3 is 1.68 bits per heavy atom. The second-order valence-corrected chi connectivity index (χ2v) is 5.13. The van der Waals surface area contributed by atoms with Gasteiger partial charge in [-0.3, -0.25) is 0 Å². The molecule has 2 aromatic heterocycles. The summed E-state index contributed by atoms with van der Waals surface area (Å²) in [7, 11) is 0. The molecule has 4 heteroatoms. The van der Waals surface area contributed by atoms with Gasteiger partial charge in [-0.05, 0) is 36.4 Å².